The zero-order valence-corrected chi connectivity index (χ0v) is 12.2. The molecule has 0 unspecified atom stereocenters. The van der Waals surface area contributed by atoms with E-state index in [2.05, 4.69) is 9.80 Å². The summed E-state index contributed by atoms with van der Waals surface area (Å²) in [4.78, 5) is 5.41. The summed E-state index contributed by atoms with van der Waals surface area (Å²) >= 11 is 0. The summed E-state index contributed by atoms with van der Waals surface area (Å²) in [5.74, 6) is 1.05. The molecule has 0 radical (unpaired) electrons. The predicted molar refractivity (Wildman–Crippen MR) is 78.2 cm³/mol. The van der Waals surface area contributed by atoms with Crippen molar-refractivity contribution in [1.82, 2.24) is 9.80 Å². The first-order chi connectivity index (χ1) is 8.31. The average molecular weight is 274 g/mol. The zero-order chi connectivity index (χ0) is 11.7. The minimum absolute atomic E-state index is 0. The van der Waals surface area contributed by atoms with E-state index in [-0.39, 0.29) is 12.4 Å². The van der Waals surface area contributed by atoms with Crippen LogP contribution in [0.2, 0.25) is 0 Å². The quantitative estimate of drug-likeness (QED) is 0.850. The summed E-state index contributed by atoms with van der Waals surface area (Å²) in [5, 5.41) is 0. The lowest BCUT2D eigenvalue weighted by atomic mass is 9.90. The van der Waals surface area contributed by atoms with E-state index >= 15 is 0 Å². The van der Waals surface area contributed by atoms with E-state index < -0.39 is 0 Å². The van der Waals surface area contributed by atoms with Crippen molar-refractivity contribution in [3.05, 3.63) is 0 Å². The van der Waals surface area contributed by atoms with Crippen molar-refractivity contribution in [2.75, 3.05) is 32.7 Å². The Bertz CT molecular complexity index is 241. The third-order valence-corrected chi connectivity index (χ3v) is 4.88. The van der Waals surface area contributed by atoms with Crippen LogP contribution in [0.4, 0.5) is 0 Å². The molecule has 3 fully saturated rings. The first kappa shape index (κ1) is 14.6. The van der Waals surface area contributed by atoms with E-state index in [1.807, 2.05) is 0 Å². The molecule has 1 heterocycles. The number of nitrogens with two attached hydrogens (primary N) is 1. The van der Waals surface area contributed by atoms with Crippen LogP contribution in [0.15, 0.2) is 0 Å². The lowest BCUT2D eigenvalue weighted by Gasteiger charge is -2.41. The minimum atomic E-state index is 0. The van der Waals surface area contributed by atoms with Gasteiger partial charge in [-0.2, -0.15) is 0 Å². The molecule has 3 aliphatic rings. The van der Waals surface area contributed by atoms with Crippen molar-refractivity contribution in [3.63, 3.8) is 0 Å². The van der Waals surface area contributed by atoms with Gasteiger partial charge >= 0.3 is 0 Å². The fraction of sp³-hybridized carbons (Fsp3) is 1.00. The van der Waals surface area contributed by atoms with E-state index in [1.165, 1.54) is 71.2 Å². The van der Waals surface area contributed by atoms with Gasteiger partial charge in [0.1, 0.15) is 0 Å². The smallest absolute Gasteiger partial charge is 0.0113 e. The van der Waals surface area contributed by atoms with Gasteiger partial charge in [0.25, 0.3) is 0 Å². The maximum atomic E-state index is 5.98. The van der Waals surface area contributed by atoms with E-state index in [0.717, 1.165) is 12.0 Å². The number of hydrogen-bond donors (Lipinski definition) is 1. The van der Waals surface area contributed by atoms with Gasteiger partial charge in [-0.25, -0.2) is 0 Å². The second-order valence-electron chi connectivity index (χ2n) is 6.35. The molecule has 0 spiro atoms. The van der Waals surface area contributed by atoms with Crippen LogP contribution < -0.4 is 5.73 Å². The largest absolute Gasteiger partial charge is 0.328 e. The predicted octanol–water partition coefficient (Wildman–Crippen LogP) is 1.71. The molecule has 0 aromatic heterocycles. The topological polar surface area (TPSA) is 32.5 Å². The molecule has 2 N–H and O–H groups in total. The molecule has 106 valence electrons. The molecule has 1 saturated heterocycles. The number of halogens is 1. The minimum Gasteiger partial charge on any atom is -0.328 e. The van der Waals surface area contributed by atoms with Gasteiger partial charge in [-0.1, -0.05) is 0 Å². The fourth-order valence-corrected chi connectivity index (χ4v) is 3.44. The Labute approximate surface area is 117 Å². The maximum Gasteiger partial charge on any atom is 0.0113 e. The highest BCUT2D eigenvalue weighted by Gasteiger charge is 2.29. The third-order valence-electron chi connectivity index (χ3n) is 4.88. The monoisotopic (exact) mass is 273 g/mol. The molecule has 0 aromatic rings. The van der Waals surface area contributed by atoms with Crippen LogP contribution >= 0.6 is 12.4 Å². The standard InChI is InChI=1S/C14H27N3.ClH/c15-13-3-5-14(6-4-13)17-9-7-16(8-10-17)11-12-1-2-12;/h12-14H,1-11,15H2;1H. The Morgan fingerprint density at radius 1 is 0.833 bits per heavy atom. The van der Waals surface area contributed by atoms with Gasteiger partial charge in [0, 0.05) is 44.8 Å². The highest BCUT2D eigenvalue weighted by Crippen LogP contribution is 2.30. The summed E-state index contributed by atoms with van der Waals surface area (Å²) < 4.78 is 0. The van der Waals surface area contributed by atoms with E-state index in [0.29, 0.717) is 6.04 Å². The van der Waals surface area contributed by atoms with Crippen LogP contribution in [-0.2, 0) is 0 Å². The molecular formula is C14H28ClN3. The SMILES string of the molecule is Cl.NC1CCC(N2CCN(CC3CC3)CC2)CC1. The highest BCUT2D eigenvalue weighted by atomic mass is 35.5. The second kappa shape index (κ2) is 6.56. The van der Waals surface area contributed by atoms with Gasteiger partial charge in [-0.3, -0.25) is 4.90 Å². The molecule has 4 heteroatoms. The summed E-state index contributed by atoms with van der Waals surface area (Å²) in [6.07, 6.45) is 8.13. The fourth-order valence-electron chi connectivity index (χ4n) is 3.44. The summed E-state index contributed by atoms with van der Waals surface area (Å²) in [6.45, 7) is 6.58. The first-order valence-corrected chi connectivity index (χ1v) is 7.53. The molecule has 0 atom stereocenters. The molecule has 1 aliphatic heterocycles. The first-order valence-electron chi connectivity index (χ1n) is 7.53. The molecule has 18 heavy (non-hydrogen) atoms. The van der Waals surface area contributed by atoms with Gasteiger partial charge in [-0.15, -0.1) is 12.4 Å². The summed E-state index contributed by atoms with van der Waals surface area (Å²) in [6, 6.07) is 1.33. The van der Waals surface area contributed by atoms with Crippen LogP contribution in [0.25, 0.3) is 0 Å². The van der Waals surface area contributed by atoms with Crippen molar-refractivity contribution in [2.24, 2.45) is 11.7 Å². The van der Waals surface area contributed by atoms with Crippen molar-refractivity contribution in [3.8, 4) is 0 Å². The molecule has 2 saturated carbocycles. The van der Waals surface area contributed by atoms with Crippen molar-refractivity contribution in [1.29, 1.82) is 0 Å². The number of piperazine rings is 1. The average Bonchev–Trinajstić information content (AvgIpc) is 3.15. The van der Waals surface area contributed by atoms with Crippen molar-refractivity contribution < 1.29 is 0 Å². The summed E-state index contributed by atoms with van der Waals surface area (Å²) in [7, 11) is 0. The second-order valence-corrected chi connectivity index (χ2v) is 6.35. The summed E-state index contributed by atoms with van der Waals surface area (Å²) in [5.41, 5.74) is 5.98. The number of rotatable bonds is 3. The Kier molecular flexibility index (Phi) is 5.31. The number of hydrogen-bond acceptors (Lipinski definition) is 3. The van der Waals surface area contributed by atoms with Gasteiger partial charge in [0.2, 0.25) is 0 Å². The molecule has 0 aromatic carbocycles. The van der Waals surface area contributed by atoms with Crippen LogP contribution in [-0.4, -0.2) is 54.6 Å². The van der Waals surface area contributed by atoms with Gasteiger partial charge in [0.05, 0.1) is 0 Å². The molecular weight excluding hydrogens is 246 g/mol. The van der Waals surface area contributed by atoms with Gasteiger partial charge in [-0.05, 0) is 44.4 Å². The Morgan fingerprint density at radius 2 is 1.44 bits per heavy atom. The lowest BCUT2D eigenvalue weighted by Crippen LogP contribution is -2.52. The molecule has 0 amide bonds. The third kappa shape index (κ3) is 3.83. The highest BCUT2D eigenvalue weighted by molar-refractivity contribution is 5.85. The normalized spacial score (nSPS) is 35.2. The van der Waals surface area contributed by atoms with Gasteiger partial charge in [0.15, 0.2) is 0 Å². The lowest BCUT2D eigenvalue weighted by molar-refractivity contribution is 0.0743. The van der Waals surface area contributed by atoms with Gasteiger partial charge < -0.3 is 10.6 Å². The van der Waals surface area contributed by atoms with Crippen LogP contribution in [0.5, 0.6) is 0 Å². The van der Waals surface area contributed by atoms with E-state index in [1.54, 1.807) is 0 Å². The maximum absolute atomic E-state index is 5.98. The molecule has 3 nitrogen and oxygen atoms in total. The molecule has 2 aliphatic carbocycles. The van der Waals surface area contributed by atoms with Crippen LogP contribution in [0, 0.1) is 5.92 Å². The van der Waals surface area contributed by atoms with Crippen molar-refractivity contribution in [2.45, 2.75) is 50.6 Å². The van der Waals surface area contributed by atoms with Crippen LogP contribution in [0.3, 0.4) is 0 Å². The van der Waals surface area contributed by atoms with Crippen molar-refractivity contribution >= 4 is 12.4 Å². The molecule has 0 bridgehead atoms. The Morgan fingerprint density at radius 3 is 2.00 bits per heavy atom. The molecule has 3 rings (SSSR count). The Hall–Kier alpha value is 0.170. The van der Waals surface area contributed by atoms with Crippen LogP contribution in [0.1, 0.15) is 38.5 Å². The van der Waals surface area contributed by atoms with E-state index in [9.17, 15) is 0 Å². The van der Waals surface area contributed by atoms with E-state index in [4.69, 9.17) is 5.73 Å². The zero-order valence-electron chi connectivity index (χ0n) is 11.4. The Balaban J connectivity index is 0.00000120. The number of nitrogens with zero attached hydrogens (tertiary/aromatic N) is 2.